The van der Waals surface area contributed by atoms with E-state index in [0.29, 0.717) is 5.92 Å². The Kier molecular flexibility index (Phi) is 5.64. The lowest BCUT2D eigenvalue weighted by atomic mass is 9.96. The first kappa shape index (κ1) is 17.4. The van der Waals surface area contributed by atoms with Gasteiger partial charge in [0.2, 0.25) is 11.8 Å². The van der Waals surface area contributed by atoms with Gasteiger partial charge in [-0.05, 0) is 30.9 Å². The minimum absolute atomic E-state index is 0.0631. The molecule has 1 fully saturated rings. The Balaban J connectivity index is 1.54. The first-order valence-corrected chi connectivity index (χ1v) is 9.03. The summed E-state index contributed by atoms with van der Waals surface area (Å²) in [4.78, 5) is 18.8. The molecular formula is C20H25N3O2. The van der Waals surface area contributed by atoms with Crippen molar-refractivity contribution in [2.24, 2.45) is 0 Å². The number of hydrogen-bond donors (Lipinski definition) is 0. The molecule has 3 rings (SSSR count). The van der Waals surface area contributed by atoms with Crippen molar-refractivity contribution in [3.05, 3.63) is 53.7 Å². The summed E-state index contributed by atoms with van der Waals surface area (Å²) in [6.45, 7) is 5.68. The van der Waals surface area contributed by atoms with Crippen LogP contribution < -0.4 is 0 Å². The van der Waals surface area contributed by atoms with Crippen LogP contribution in [0.25, 0.3) is 6.08 Å². The van der Waals surface area contributed by atoms with Crippen molar-refractivity contribution in [1.29, 1.82) is 0 Å². The molecule has 0 unspecified atom stereocenters. The van der Waals surface area contributed by atoms with Crippen LogP contribution in [-0.2, 0) is 4.79 Å². The molecule has 25 heavy (non-hydrogen) atoms. The van der Waals surface area contributed by atoms with Gasteiger partial charge < -0.3 is 9.42 Å². The molecule has 2 aromatic rings. The average Bonchev–Trinajstić information content (AvgIpc) is 3.16. The highest BCUT2D eigenvalue weighted by Gasteiger charge is 2.27. The molecule has 1 saturated heterocycles. The topological polar surface area (TPSA) is 59.2 Å². The van der Waals surface area contributed by atoms with Crippen molar-refractivity contribution < 1.29 is 9.32 Å². The van der Waals surface area contributed by atoms with Crippen LogP contribution in [-0.4, -0.2) is 34.0 Å². The Morgan fingerprint density at radius 2 is 2.04 bits per heavy atom. The van der Waals surface area contributed by atoms with Gasteiger partial charge >= 0.3 is 0 Å². The summed E-state index contributed by atoms with van der Waals surface area (Å²) in [5.41, 5.74) is 1.04. The molecule has 2 heterocycles. The third kappa shape index (κ3) is 4.35. The fourth-order valence-electron chi connectivity index (χ4n) is 2.98. The van der Waals surface area contributed by atoms with Crippen molar-refractivity contribution >= 4 is 12.0 Å². The first-order valence-electron chi connectivity index (χ1n) is 9.03. The number of aromatic nitrogens is 2. The highest BCUT2D eigenvalue weighted by atomic mass is 16.5. The van der Waals surface area contributed by atoms with Gasteiger partial charge in [0.05, 0.1) is 0 Å². The molecule has 5 heteroatoms. The number of carbonyl (C=O) groups is 1. The molecule has 1 aromatic heterocycles. The number of nitrogens with zero attached hydrogens (tertiary/aromatic N) is 3. The number of carbonyl (C=O) groups excluding carboxylic acids is 1. The average molecular weight is 339 g/mol. The van der Waals surface area contributed by atoms with Crippen molar-refractivity contribution in [1.82, 2.24) is 15.0 Å². The van der Waals surface area contributed by atoms with Crippen LogP contribution in [0.5, 0.6) is 0 Å². The molecule has 0 spiro atoms. The summed E-state index contributed by atoms with van der Waals surface area (Å²) >= 11 is 0. The summed E-state index contributed by atoms with van der Waals surface area (Å²) in [5, 5.41) is 4.10. The molecule has 0 aliphatic carbocycles. The van der Waals surface area contributed by atoms with Crippen molar-refractivity contribution in [2.75, 3.05) is 13.1 Å². The molecule has 1 aliphatic heterocycles. The summed E-state index contributed by atoms with van der Waals surface area (Å²) in [6.07, 6.45) is 6.26. The maximum atomic E-state index is 12.3. The summed E-state index contributed by atoms with van der Waals surface area (Å²) in [7, 11) is 0. The van der Waals surface area contributed by atoms with Crippen molar-refractivity contribution in [2.45, 2.75) is 44.9 Å². The Morgan fingerprint density at radius 1 is 1.32 bits per heavy atom. The second-order valence-corrected chi connectivity index (χ2v) is 6.64. The standard InChI is InChI=1S/C20H25N3O2/c1-3-15(2)19-21-20(25-22-19)17-11-13-23(14-12-17)18(24)10-9-16-7-5-4-6-8-16/h4-10,15,17H,3,11-14H2,1-2H3/b10-9+/t15-/m1/s1. The lowest BCUT2D eigenvalue weighted by Crippen LogP contribution is -2.36. The second-order valence-electron chi connectivity index (χ2n) is 6.64. The van der Waals surface area contributed by atoms with Crippen molar-refractivity contribution in [3.8, 4) is 0 Å². The van der Waals surface area contributed by atoms with Gasteiger partial charge in [-0.1, -0.05) is 49.3 Å². The fraction of sp³-hybridized carbons (Fsp3) is 0.450. The molecule has 5 nitrogen and oxygen atoms in total. The molecule has 0 N–H and O–H groups in total. The molecule has 0 saturated carbocycles. The van der Waals surface area contributed by atoms with Crippen LogP contribution in [0.4, 0.5) is 0 Å². The molecule has 0 radical (unpaired) electrons. The van der Waals surface area contributed by atoms with Gasteiger partial charge in [0.1, 0.15) is 0 Å². The third-order valence-electron chi connectivity index (χ3n) is 4.88. The van der Waals surface area contributed by atoms with Crippen molar-refractivity contribution in [3.63, 3.8) is 0 Å². The predicted octanol–water partition coefficient (Wildman–Crippen LogP) is 4.00. The smallest absolute Gasteiger partial charge is 0.246 e. The van der Waals surface area contributed by atoms with E-state index in [1.165, 1.54) is 0 Å². The zero-order chi connectivity index (χ0) is 17.6. The zero-order valence-corrected chi connectivity index (χ0v) is 14.9. The minimum atomic E-state index is 0.0631. The Morgan fingerprint density at radius 3 is 2.72 bits per heavy atom. The van der Waals surface area contributed by atoms with E-state index in [1.54, 1.807) is 6.08 Å². The van der Waals surface area contributed by atoms with E-state index in [1.807, 2.05) is 41.3 Å². The number of likely N-dealkylation sites (tertiary alicyclic amines) is 1. The SMILES string of the molecule is CC[C@@H](C)c1noc(C2CCN(C(=O)/C=C/c3ccccc3)CC2)n1. The number of hydrogen-bond acceptors (Lipinski definition) is 4. The van der Waals surface area contributed by atoms with Crippen LogP contribution in [0.1, 0.15) is 62.2 Å². The van der Waals surface area contributed by atoms with Crippen LogP contribution in [0.15, 0.2) is 40.9 Å². The fourth-order valence-corrected chi connectivity index (χ4v) is 2.98. The number of piperidine rings is 1. The number of amides is 1. The van der Waals surface area contributed by atoms with Gasteiger partial charge in [-0.2, -0.15) is 4.98 Å². The normalized spacial score (nSPS) is 17.1. The predicted molar refractivity (Wildman–Crippen MR) is 97.0 cm³/mol. The van der Waals surface area contributed by atoms with Gasteiger partial charge in [0.15, 0.2) is 5.82 Å². The summed E-state index contributed by atoms with van der Waals surface area (Å²) in [5.74, 6) is 2.16. The minimum Gasteiger partial charge on any atom is -0.339 e. The highest BCUT2D eigenvalue weighted by molar-refractivity contribution is 5.91. The van der Waals surface area contributed by atoms with Crippen LogP contribution >= 0.6 is 0 Å². The second kappa shape index (κ2) is 8.10. The van der Waals surface area contributed by atoms with E-state index in [0.717, 1.165) is 49.6 Å². The van der Waals surface area contributed by atoms with E-state index in [9.17, 15) is 4.79 Å². The Labute approximate surface area is 148 Å². The largest absolute Gasteiger partial charge is 0.339 e. The van der Waals surface area contributed by atoms with Gasteiger partial charge in [0.25, 0.3) is 0 Å². The van der Waals surface area contributed by atoms with E-state index in [4.69, 9.17) is 4.52 Å². The molecule has 1 aromatic carbocycles. The van der Waals surface area contributed by atoms with E-state index in [2.05, 4.69) is 24.0 Å². The lowest BCUT2D eigenvalue weighted by molar-refractivity contribution is -0.127. The molecule has 1 aliphatic rings. The van der Waals surface area contributed by atoms with Gasteiger partial charge in [-0.25, -0.2) is 0 Å². The monoisotopic (exact) mass is 339 g/mol. The van der Waals surface area contributed by atoms with E-state index in [-0.39, 0.29) is 11.8 Å². The van der Waals surface area contributed by atoms with E-state index >= 15 is 0 Å². The van der Waals surface area contributed by atoms with Gasteiger partial charge in [-0.15, -0.1) is 0 Å². The van der Waals surface area contributed by atoms with Crippen LogP contribution in [0.2, 0.25) is 0 Å². The molecule has 1 amide bonds. The molecule has 0 bridgehead atoms. The molecule has 1 atom stereocenters. The van der Waals surface area contributed by atoms with Gasteiger partial charge in [-0.3, -0.25) is 4.79 Å². The Bertz CT molecular complexity index is 716. The molecular weight excluding hydrogens is 314 g/mol. The third-order valence-corrected chi connectivity index (χ3v) is 4.88. The van der Waals surface area contributed by atoms with Crippen LogP contribution in [0.3, 0.4) is 0 Å². The molecule has 132 valence electrons. The van der Waals surface area contributed by atoms with E-state index < -0.39 is 0 Å². The first-order chi connectivity index (χ1) is 12.2. The number of rotatable bonds is 5. The quantitative estimate of drug-likeness (QED) is 0.773. The maximum Gasteiger partial charge on any atom is 0.246 e. The highest BCUT2D eigenvalue weighted by Crippen LogP contribution is 2.28. The lowest BCUT2D eigenvalue weighted by Gasteiger charge is -2.29. The van der Waals surface area contributed by atoms with Crippen LogP contribution in [0, 0.1) is 0 Å². The Hall–Kier alpha value is -2.43. The van der Waals surface area contributed by atoms with Gasteiger partial charge in [0, 0.05) is 31.0 Å². The maximum absolute atomic E-state index is 12.3. The zero-order valence-electron chi connectivity index (χ0n) is 14.9. The number of benzene rings is 1. The summed E-state index contributed by atoms with van der Waals surface area (Å²) in [6, 6.07) is 9.87. The summed E-state index contributed by atoms with van der Waals surface area (Å²) < 4.78 is 5.45.